The van der Waals surface area contributed by atoms with Crippen LogP contribution in [0.25, 0.3) is 0 Å². The minimum absolute atomic E-state index is 0.367. The summed E-state index contributed by atoms with van der Waals surface area (Å²) in [6, 6.07) is 6.10. The average molecular weight is 354 g/mol. The summed E-state index contributed by atoms with van der Waals surface area (Å²) >= 11 is 3.24. The van der Waals surface area contributed by atoms with E-state index in [0.29, 0.717) is 34.2 Å². The van der Waals surface area contributed by atoms with Crippen molar-refractivity contribution in [1.29, 1.82) is 0 Å². The number of rotatable bonds is 6. The van der Waals surface area contributed by atoms with Crippen molar-refractivity contribution in [2.24, 2.45) is 0 Å². The van der Waals surface area contributed by atoms with Gasteiger partial charge in [-0.05, 0) is 18.6 Å². The standard InChI is InChI=1S/C15H17BrFN3O/c1-3-5-18-14-9-15(20-13(4-2)19-14)21-12-7-10(16)6-11(17)8-12/h6-9H,3-5H2,1-2H3,(H,18,19,20). The molecule has 2 rings (SSSR count). The average Bonchev–Trinajstić information content (AvgIpc) is 2.43. The molecule has 0 aliphatic carbocycles. The van der Waals surface area contributed by atoms with Crippen LogP contribution in [0.2, 0.25) is 0 Å². The summed E-state index contributed by atoms with van der Waals surface area (Å²) in [6.07, 6.45) is 1.70. The molecule has 1 N–H and O–H groups in total. The molecule has 1 aromatic carbocycles. The quantitative estimate of drug-likeness (QED) is 0.827. The largest absolute Gasteiger partial charge is 0.439 e. The number of anilines is 1. The van der Waals surface area contributed by atoms with Crippen molar-refractivity contribution >= 4 is 21.7 Å². The first-order valence-corrected chi connectivity index (χ1v) is 7.65. The summed E-state index contributed by atoms with van der Waals surface area (Å²) in [5.41, 5.74) is 0. The van der Waals surface area contributed by atoms with Crippen LogP contribution in [0, 0.1) is 5.82 Å². The molecule has 4 nitrogen and oxygen atoms in total. The lowest BCUT2D eigenvalue weighted by molar-refractivity contribution is 0.454. The second-order valence-electron chi connectivity index (χ2n) is 4.50. The first-order chi connectivity index (χ1) is 10.1. The summed E-state index contributed by atoms with van der Waals surface area (Å²) in [6.45, 7) is 4.88. The Labute approximate surface area is 131 Å². The monoisotopic (exact) mass is 353 g/mol. The van der Waals surface area contributed by atoms with E-state index in [9.17, 15) is 4.39 Å². The van der Waals surface area contributed by atoms with Gasteiger partial charge in [0.1, 0.15) is 23.2 Å². The van der Waals surface area contributed by atoms with Crippen LogP contribution in [0.3, 0.4) is 0 Å². The molecule has 2 aromatic rings. The summed E-state index contributed by atoms with van der Waals surface area (Å²) in [5, 5.41) is 3.20. The molecule has 0 saturated heterocycles. The molecule has 112 valence electrons. The topological polar surface area (TPSA) is 47.0 Å². The van der Waals surface area contributed by atoms with Gasteiger partial charge in [0.25, 0.3) is 0 Å². The van der Waals surface area contributed by atoms with Crippen molar-refractivity contribution in [3.05, 3.63) is 40.4 Å². The molecule has 1 aromatic heterocycles. The number of nitrogens with one attached hydrogen (secondary N) is 1. The van der Waals surface area contributed by atoms with Gasteiger partial charge in [0.15, 0.2) is 0 Å². The summed E-state index contributed by atoms with van der Waals surface area (Å²) < 4.78 is 19.6. The van der Waals surface area contributed by atoms with Gasteiger partial charge in [0.05, 0.1) is 0 Å². The first kappa shape index (κ1) is 15.7. The number of aryl methyl sites for hydroxylation is 1. The number of hydrogen-bond acceptors (Lipinski definition) is 4. The van der Waals surface area contributed by atoms with E-state index in [-0.39, 0.29) is 5.82 Å². The highest BCUT2D eigenvalue weighted by atomic mass is 79.9. The van der Waals surface area contributed by atoms with Gasteiger partial charge in [-0.3, -0.25) is 0 Å². The van der Waals surface area contributed by atoms with E-state index in [0.717, 1.165) is 13.0 Å². The number of benzene rings is 1. The Kier molecular flexibility index (Phi) is 5.50. The molecule has 0 atom stereocenters. The Morgan fingerprint density at radius 3 is 2.67 bits per heavy atom. The number of halogens is 2. The van der Waals surface area contributed by atoms with E-state index < -0.39 is 0 Å². The molecular formula is C15H17BrFN3O. The van der Waals surface area contributed by atoms with Gasteiger partial charge in [-0.15, -0.1) is 0 Å². The van der Waals surface area contributed by atoms with Crippen molar-refractivity contribution in [2.45, 2.75) is 26.7 Å². The maximum atomic E-state index is 13.4. The minimum atomic E-state index is -0.367. The van der Waals surface area contributed by atoms with Crippen LogP contribution in [0.1, 0.15) is 26.1 Å². The van der Waals surface area contributed by atoms with Crippen LogP contribution in [0.15, 0.2) is 28.7 Å². The zero-order chi connectivity index (χ0) is 15.2. The fourth-order valence-corrected chi connectivity index (χ4v) is 2.18. The lowest BCUT2D eigenvalue weighted by atomic mass is 10.3. The van der Waals surface area contributed by atoms with E-state index in [2.05, 4.69) is 38.1 Å². The van der Waals surface area contributed by atoms with Crippen LogP contribution in [-0.4, -0.2) is 16.5 Å². The fourth-order valence-electron chi connectivity index (χ4n) is 1.73. The highest BCUT2D eigenvalue weighted by molar-refractivity contribution is 9.10. The van der Waals surface area contributed by atoms with Crippen molar-refractivity contribution in [3.8, 4) is 11.6 Å². The van der Waals surface area contributed by atoms with Crippen molar-refractivity contribution in [2.75, 3.05) is 11.9 Å². The Balaban J connectivity index is 2.25. The minimum Gasteiger partial charge on any atom is -0.439 e. The molecule has 1 heterocycles. The summed E-state index contributed by atoms with van der Waals surface area (Å²) in [5.74, 6) is 1.83. The molecule has 0 amide bonds. The second-order valence-corrected chi connectivity index (χ2v) is 5.41. The zero-order valence-corrected chi connectivity index (χ0v) is 13.6. The number of hydrogen-bond donors (Lipinski definition) is 1. The molecule has 0 unspecified atom stereocenters. The number of nitrogens with zero attached hydrogens (tertiary/aromatic N) is 2. The lowest BCUT2D eigenvalue weighted by Crippen LogP contribution is -2.05. The van der Waals surface area contributed by atoms with Gasteiger partial charge in [0, 0.05) is 29.6 Å². The van der Waals surface area contributed by atoms with E-state index in [4.69, 9.17) is 4.74 Å². The lowest BCUT2D eigenvalue weighted by Gasteiger charge is -2.10. The molecule has 0 bridgehead atoms. The third-order valence-electron chi connectivity index (χ3n) is 2.68. The number of ether oxygens (including phenoxy) is 1. The van der Waals surface area contributed by atoms with Crippen molar-refractivity contribution in [1.82, 2.24) is 9.97 Å². The van der Waals surface area contributed by atoms with Gasteiger partial charge >= 0.3 is 0 Å². The Morgan fingerprint density at radius 1 is 1.19 bits per heavy atom. The van der Waals surface area contributed by atoms with Crippen LogP contribution in [0.5, 0.6) is 11.6 Å². The third kappa shape index (κ3) is 4.67. The maximum absolute atomic E-state index is 13.4. The highest BCUT2D eigenvalue weighted by Gasteiger charge is 2.07. The molecule has 0 aliphatic rings. The van der Waals surface area contributed by atoms with Crippen LogP contribution in [-0.2, 0) is 6.42 Å². The van der Waals surface area contributed by atoms with Gasteiger partial charge in [0.2, 0.25) is 5.88 Å². The normalized spacial score (nSPS) is 10.5. The zero-order valence-electron chi connectivity index (χ0n) is 12.0. The van der Waals surface area contributed by atoms with Crippen molar-refractivity contribution in [3.63, 3.8) is 0 Å². The van der Waals surface area contributed by atoms with Crippen LogP contribution >= 0.6 is 15.9 Å². The molecule has 0 spiro atoms. The SMILES string of the molecule is CCCNc1cc(Oc2cc(F)cc(Br)c2)nc(CC)n1. The van der Waals surface area contributed by atoms with Crippen LogP contribution in [0.4, 0.5) is 10.2 Å². The predicted octanol–water partition coefficient (Wildman–Crippen LogP) is 4.55. The molecule has 21 heavy (non-hydrogen) atoms. The smallest absolute Gasteiger partial charge is 0.224 e. The van der Waals surface area contributed by atoms with E-state index >= 15 is 0 Å². The molecule has 6 heteroatoms. The summed E-state index contributed by atoms with van der Waals surface area (Å²) in [4.78, 5) is 8.68. The van der Waals surface area contributed by atoms with Gasteiger partial charge in [-0.25, -0.2) is 9.37 Å². The highest BCUT2D eigenvalue weighted by Crippen LogP contribution is 2.26. The Hall–Kier alpha value is -1.69. The fraction of sp³-hybridized carbons (Fsp3) is 0.333. The van der Waals surface area contributed by atoms with E-state index in [1.165, 1.54) is 12.1 Å². The van der Waals surface area contributed by atoms with Gasteiger partial charge in [-0.2, -0.15) is 4.98 Å². The molecule has 0 radical (unpaired) electrons. The second kappa shape index (κ2) is 7.36. The van der Waals surface area contributed by atoms with E-state index in [1.54, 1.807) is 12.1 Å². The number of aromatic nitrogens is 2. The van der Waals surface area contributed by atoms with Crippen LogP contribution < -0.4 is 10.1 Å². The van der Waals surface area contributed by atoms with Gasteiger partial charge < -0.3 is 10.1 Å². The van der Waals surface area contributed by atoms with Gasteiger partial charge in [-0.1, -0.05) is 29.8 Å². The Morgan fingerprint density at radius 2 is 2.00 bits per heavy atom. The van der Waals surface area contributed by atoms with E-state index in [1.807, 2.05) is 6.92 Å². The molecule has 0 fully saturated rings. The Bertz CT molecular complexity index is 602. The predicted molar refractivity (Wildman–Crippen MR) is 84.4 cm³/mol. The van der Waals surface area contributed by atoms with Crippen molar-refractivity contribution < 1.29 is 9.13 Å². The summed E-state index contributed by atoms with van der Waals surface area (Å²) in [7, 11) is 0. The third-order valence-corrected chi connectivity index (χ3v) is 3.14. The maximum Gasteiger partial charge on any atom is 0.224 e. The molecule has 0 saturated carbocycles. The molecule has 0 aliphatic heterocycles. The first-order valence-electron chi connectivity index (χ1n) is 6.86. The molecular weight excluding hydrogens is 337 g/mol.